The van der Waals surface area contributed by atoms with E-state index in [1.54, 1.807) is 29.2 Å². The number of rotatable bonds is 5. The van der Waals surface area contributed by atoms with Crippen LogP contribution in [0.2, 0.25) is 0 Å². The zero-order valence-electron chi connectivity index (χ0n) is 19.5. The number of ether oxygens (including phenoxy) is 2. The molecule has 1 aromatic carbocycles. The summed E-state index contributed by atoms with van der Waals surface area (Å²) in [7, 11) is 1.84. The lowest BCUT2D eigenvalue weighted by Crippen LogP contribution is -2.49. The van der Waals surface area contributed by atoms with Crippen molar-refractivity contribution in [1.29, 1.82) is 0 Å². The highest BCUT2D eigenvalue weighted by atomic mass is 16.5. The van der Waals surface area contributed by atoms with E-state index in [9.17, 15) is 24.9 Å². The van der Waals surface area contributed by atoms with Crippen molar-refractivity contribution >= 4 is 11.8 Å². The minimum absolute atomic E-state index is 0.121. The van der Waals surface area contributed by atoms with Crippen LogP contribution in [0.5, 0.6) is 5.75 Å². The maximum absolute atomic E-state index is 13.2. The van der Waals surface area contributed by atoms with Crippen molar-refractivity contribution in [2.45, 2.75) is 38.1 Å². The van der Waals surface area contributed by atoms with Crippen molar-refractivity contribution in [3.63, 3.8) is 0 Å². The first-order chi connectivity index (χ1) is 15.8. The molecule has 0 radical (unpaired) electrons. The predicted molar refractivity (Wildman–Crippen MR) is 122 cm³/mol. The highest BCUT2D eigenvalue weighted by molar-refractivity contribution is 5.94. The van der Waals surface area contributed by atoms with Gasteiger partial charge in [0, 0.05) is 51.8 Å². The molecule has 0 aliphatic carbocycles. The van der Waals surface area contributed by atoms with Gasteiger partial charge in [-0.05, 0) is 44.2 Å². The van der Waals surface area contributed by atoms with Crippen LogP contribution in [0.4, 0.5) is 0 Å². The van der Waals surface area contributed by atoms with Crippen LogP contribution in [0.1, 0.15) is 30.1 Å². The first-order valence-corrected chi connectivity index (χ1v) is 11.4. The Hall–Kier alpha value is -2.24. The number of hydrogen-bond donors (Lipinski definition) is 4. The van der Waals surface area contributed by atoms with E-state index >= 15 is 0 Å². The summed E-state index contributed by atoms with van der Waals surface area (Å²) in [6.07, 6.45) is -2.70. The van der Waals surface area contributed by atoms with Crippen LogP contribution in [0.25, 0.3) is 0 Å². The highest BCUT2D eigenvalue weighted by Gasteiger charge is 2.28. The van der Waals surface area contributed by atoms with Crippen LogP contribution >= 0.6 is 0 Å². The molecule has 1 aliphatic rings. The summed E-state index contributed by atoms with van der Waals surface area (Å²) in [6.45, 7) is 3.63. The molecular formula is C23H37N3O7. The number of aliphatic hydroxyl groups excluding tert-OH is 3. The molecule has 0 aromatic heterocycles. The van der Waals surface area contributed by atoms with Crippen LogP contribution in [0, 0.1) is 0 Å². The zero-order valence-corrected chi connectivity index (χ0v) is 19.5. The van der Waals surface area contributed by atoms with E-state index in [0.717, 1.165) is 6.54 Å². The normalized spacial score (nSPS) is 23.6. The van der Waals surface area contributed by atoms with Gasteiger partial charge in [0.05, 0.1) is 6.61 Å². The third-order valence-electron chi connectivity index (χ3n) is 5.55. The second-order valence-corrected chi connectivity index (χ2v) is 8.14. The lowest BCUT2D eigenvalue weighted by atomic mass is 10.1. The molecule has 1 heterocycles. The van der Waals surface area contributed by atoms with E-state index in [1.165, 1.54) is 11.8 Å². The fraction of sp³-hybridized carbons (Fsp3) is 0.652. The molecule has 0 spiro atoms. The summed E-state index contributed by atoms with van der Waals surface area (Å²) in [4.78, 5) is 28.3. The smallest absolute Gasteiger partial charge is 0.253 e. The molecule has 1 fully saturated rings. The number of carbonyl (C=O) groups is 2. The molecule has 4 N–H and O–H groups in total. The monoisotopic (exact) mass is 467 g/mol. The molecule has 10 nitrogen and oxygen atoms in total. The fourth-order valence-corrected chi connectivity index (χ4v) is 3.48. The lowest BCUT2D eigenvalue weighted by Gasteiger charge is -2.31. The number of aliphatic hydroxyl groups is 3. The number of benzene rings is 1. The number of hydrogen-bond acceptors (Lipinski definition) is 8. The lowest BCUT2D eigenvalue weighted by molar-refractivity contribution is -0.134. The van der Waals surface area contributed by atoms with Gasteiger partial charge in [-0.3, -0.25) is 9.59 Å². The van der Waals surface area contributed by atoms with E-state index in [4.69, 9.17) is 9.47 Å². The van der Waals surface area contributed by atoms with Crippen molar-refractivity contribution in [3.05, 3.63) is 29.8 Å². The fourth-order valence-electron chi connectivity index (χ4n) is 3.48. The number of carbonyl (C=O) groups excluding carboxylic acids is 2. The minimum atomic E-state index is -1.44. The third kappa shape index (κ3) is 8.90. The van der Waals surface area contributed by atoms with Crippen molar-refractivity contribution in [2.75, 3.05) is 59.6 Å². The molecule has 33 heavy (non-hydrogen) atoms. The average molecular weight is 468 g/mol. The molecule has 1 aliphatic heterocycles. The van der Waals surface area contributed by atoms with Crippen molar-refractivity contribution in [1.82, 2.24) is 15.1 Å². The Bertz CT molecular complexity index is 731. The molecule has 186 valence electrons. The summed E-state index contributed by atoms with van der Waals surface area (Å²) >= 11 is 0. The van der Waals surface area contributed by atoms with E-state index < -0.39 is 18.3 Å². The first-order valence-electron chi connectivity index (χ1n) is 11.4. The molecule has 0 bridgehead atoms. The predicted octanol–water partition coefficient (Wildman–Crippen LogP) is -0.531. The average Bonchev–Trinajstić information content (AvgIpc) is 2.80. The number of nitrogens with one attached hydrogen (secondary N) is 1. The summed E-state index contributed by atoms with van der Waals surface area (Å²) < 4.78 is 11.0. The number of nitrogens with zero attached hydrogens (tertiary/aromatic N) is 2. The van der Waals surface area contributed by atoms with Gasteiger partial charge < -0.3 is 39.9 Å². The molecular weight excluding hydrogens is 430 g/mol. The Kier molecular flexibility index (Phi) is 11.6. The molecule has 1 saturated heterocycles. The van der Waals surface area contributed by atoms with Crippen LogP contribution in [0.15, 0.2) is 24.3 Å². The van der Waals surface area contributed by atoms with Gasteiger partial charge in [-0.15, -0.1) is 0 Å². The Morgan fingerprint density at radius 1 is 1.06 bits per heavy atom. The molecule has 10 heteroatoms. The number of amides is 2. The second-order valence-electron chi connectivity index (χ2n) is 8.14. The Morgan fingerprint density at radius 2 is 1.76 bits per heavy atom. The number of likely N-dealkylation sites (N-methyl/N-ethyl adjacent to an activating group) is 1. The summed E-state index contributed by atoms with van der Waals surface area (Å²) in [6, 6.07) is 6.95. The highest BCUT2D eigenvalue weighted by Crippen LogP contribution is 2.15. The Morgan fingerprint density at radius 3 is 2.42 bits per heavy atom. The van der Waals surface area contributed by atoms with Crippen LogP contribution in [-0.2, 0) is 9.53 Å². The minimum Gasteiger partial charge on any atom is -0.492 e. The summed E-state index contributed by atoms with van der Waals surface area (Å²) in [5.41, 5.74) is 0.515. The SMILES string of the molecule is CNCCOc1ccc(C(=O)N2CCCCOC[C@@H](O)[C@H](O)[C@@H](O)CN(C(C)=O)CC2)cc1. The van der Waals surface area contributed by atoms with E-state index in [2.05, 4.69) is 5.32 Å². The van der Waals surface area contributed by atoms with Crippen LogP contribution < -0.4 is 10.1 Å². The summed E-state index contributed by atoms with van der Waals surface area (Å²) in [5, 5.41) is 33.4. The second kappa shape index (κ2) is 14.1. The van der Waals surface area contributed by atoms with Gasteiger partial charge in [0.25, 0.3) is 5.91 Å². The van der Waals surface area contributed by atoms with E-state index in [-0.39, 0.29) is 38.1 Å². The van der Waals surface area contributed by atoms with Gasteiger partial charge in [-0.2, -0.15) is 0 Å². The van der Waals surface area contributed by atoms with Crippen molar-refractivity contribution in [3.8, 4) is 5.75 Å². The molecule has 0 saturated carbocycles. The van der Waals surface area contributed by atoms with Gasteiger partial charge in [0.1, 0.15) is 30.7 Å². The third-order valence-corrected chi connectivity index (χ3v) is 5.55. The van der Waals surface area contributed by atoms with Crippen LogP contribution in [0.3, 0.4) is 0 Å². The maximum Gasteiger partial charge on any atom is 0.253 e. The van der Waals surface area contributed by atoms with Crippen molar-refractivity contribution in [2.24, 2.45) is 0 Å². The molecule has 2 rings (SSSR count). The van der Waals surface area contributed by atoms with E-state index in [0.29, 0.717) is 43.9 Å². The molecule has 0 unspecified atom stereocenters. The molecule has 2 amide bonds. The van der Waals surface area contributed by atoms with Gasteiger partial charge in [-0.25, -0.2) is 0 Å². The molecule has 3 atom stereocenters. The number of β-amino-alcohol motifs (C(OH)–C–C–N with tert-alkyl or cyclic N) is 1. The van der Waals surface area contributed by atoms with Gasteiger partial charge >= 0.3 is 0 Å². The topological polar surface area (TPSA) is 132 Å². The Labute approximate surface area is 195 Å². The largest absolute Gasteiger partial charge is 0.492 e. The van der Waals surface area contributed by atoms with Crippen molar-refractivity contribution < 1.29 is 34.4 Å². The van der Waals surface area contributed by atoms with E-state index in [1.807, 2.05) is 7.05 Å². The maximum atomic E-state index is 13.2. The van der Waals surface area contributed by atoms with Crippen LogP contribution in [-0.4, -0.2) is 115 Å². The van der Waals surface area contributed by atoms with Gasteiger partial charge in [0.15, 0.2) is 0 Å². The molecule has 1 aromatic rings. The zero-order chi connectivity index (χ0) is 24.2. The summed E-state index contributed by atoms with van der Waals surface area (Å²) in [5.74, 6) is 0.219. The van der Waals surface area contributed by atoms with Gasteiger partial charge in [-0.1, -0.05) is 0 Å². The standard InChI is InChI=1S/C23H37N3O7/c1-17(27)26-12-11-25(10-3-4-13-32-16-21(29)22(30)20(28)15-26)23(31)18-5-7-19(8-6-18)33-14-9-24-2/h5-8,20-22,24,28-30H,3-4,9-16H2,1-2H3/t20-,21+,22+/m0/s1. The Balaban J connectivity index is 2.09. The first kappa shape index (κ1) is 27.0. The quantitative estimate of drug-likeness (QED) is 0.425. The van der Waals surface area contributed by atoms with Gasteiger partial charge in [0.2, 0.25) is 5.91 Å².